The number of nitrogens with zero attached hydrogens (tertiary/aromatic N) is 5. The van der Waals surface area contributed by atoms with E-state index in [2.05, 4.69) is 15.1 Å². The summed E-state index contributed by atoms with van der Waals surface area (Å²) in [6, 6.07) is 7.22. The molecule has 1 fully saturated rings. The summed E-state index contributed by atoms with van der Waals surface area (Å²) in [6.07, 6.45) is 6.46. The zero-order valence-electron chi connectivity index (χ0n) is 15.9. The number of hydrogen-bond donors (Lipinski definition) is 1. The molecule has 1 aromatic carbocycles. The highest BCUT2D eigenvalue weighted by atomic mass is 16.5. The van der Waals surface area contributed by atoms with E-state index >= 15 is 0 Å². The molecule has 9 heteroatoms. The van der Waals surface area contributed by atoms with Crippen molar-refractivity contribution in [1.29, 1.82) is 0 Å². The van der Waals surface area contributed by atoms with Crippen molar-refractivity contribution in [3.05, 3.63) is 60.3 Å². The van der Waals surface area contributed by atoms with Gasteiger partial charge in [0.15, 0.2) is 5.78 Å². The largest absolute Gasteiger partial charge is 0.497 e. The molecule has 4 rings (SSSR count). The average molecular weight is 392 g/mol. The van der Waals surface area contributed by atoms with Gasteiger partial charge in [0.25, 0.3) is 5.91 Å². The van der Waals surface area contributed by atoms with Crippen LogP contribution in [0.2, 0.25) is 0 Å². The van der Waals surface area contributed by atoms with E-state index in [-0.39, 0.29) is 29.1 Å². The standard InChI is InChI=1S/C20H20N6O3/c1-29-15-4-2-14(3-5-15)26-19(21)16(10-24-26)18(27)13-6-9-25(12-13)20(28)17-11-22-7-8-23-17/h2-5,7-8,10-11,13H,6,9,12,21H2,1H3. The summed E-state index contributed by atoms with van der Waals surface area (Å²) < 4.78 is 6.67. The average Bonchev–Trinajstić information content (AvgIpc) is 3.41. The van der Waals surface area contributed by atoms with Gasteiger partial charge in [-0.15, -0.1) is 0 Å². The Hall–Kier alpha value is -3.75. The number of anilines is 1. The van der Waals surface area contributed by atoms with Gasteiger partial charge in [0, 0.05) is 31.4 Å². The first kappa shape index (κ1) is 18.6. The zero-order valence-corrected chi connectivity index (χ0v) is 15.9. The predicted molar refractivity (Wildman–Crippen MR) is 105 cm³/mol. The lowest BCUT2D eigenvalue weighted by atomic mass is 9.98. The molecule has 0 spiro atoms. The van der Waals surface area contributed by atoms with Crippen molar-refractivity contribution in [3.63, 3.8) is 0 Å². The van der Waals surface area contributed by atoms with Gasteiger partial charge < -0.3 is 15.4 Å². The number of likely N-dealkylation sites (tertiary alicyclic amines) is 1. The fourth-order valence-corrected chi connectivity index (χ4v) is 3.43. The zero-order chi connectivity index (χ0) is 20.4. The van der Waals surface area contributed by atoms with Crippen LogP contribution in [0.25, 0.3) is 5.69 Å². The highest BCUT2D eigenvalue weighted by molar-refractivity contribution is 6.02. The molecule has 0 saturated carbocycles. The van der Waals surface area contributed by atoms with Crippen LogP contribution in [-0.4, -0.2) is 56.5 Å². The Balaban J connectivity index is 1.49. The van der Waals surface area contributed by atoms with Gasteiger partial charge in [-0.2, -0.15) is 5.10 Å². The number of ketones is 1. The summed E-state index contributed by atoms with van der Waals surface area (Å²) in [5, 5.41) is 4.27. The number of nitrogen functional groups attached to an aromatic ring is 1. The van der Waals surface area contributed by atoms with Crippen LogP contribution in [0.15, 0.2) is 49.1 Å². The van der Waals surface area contributed by atoms with Gasteiger partial charge in [-0.05, 0) is 30.7 Å². The maximum absolute atomic E-state index is 13.0. The SMILES string of the molecule is COc1ccc(-n2ncc(C(=O)C3CCN(C(=O)c4cnccn4)C3)c2N)cc1. The first-order valence-electron chi connectivity index (χ1n) is 9.16. The highest BCUT2D eigenvalue weighted by Crippen LogP contribution is 2.26. The maximum Gasteiger partial charge on any atom is 0.274 e. The topological polar surface area (TPSA) is 116 Å². The monoisotopic (exact) mass is 392 g/mol. The third-order valence-corrected chi connectivity index (χ3v) is 5.02. The molecule has 1 amide bonds. The number of rotatable bonds is 5. The molecule has 1 atom stereocenters. The van der Waals surface area contributed by atoms with E-state index in [1.54, 1.807) is 24.1 Å². The second-order valence-corrected chi connectivity index (χ2v) is 6.74. The molecule has 3 heterocycles. The number of ether oxygens (including phenoxy) is 1. The molecule has 1 aliphatic heterocycles. The lowest BCUT2D eigenvalue weighted by Crippen LogP contribution is -2.30. The van der Waals surface area contributed by atoms with Crippen molar-refractivity contribution in [2.75, 3.05) is 25.9 Å². The Morgan fingerprint density at radius 1 is 1.17 bits per heavy atom. The minimum atomic E-state index is -0.327. The maximum atomic E-state index is 13.0. The second kappa shape index (κ2) is 7.70. The van der Waals surface area contributed by atoms with E-state index in [0.717, 1.165) is 11.4 Å². The Morgan fingerprint density at radius 3 is 2.66 bits per heavy atom. The van der Waals surface area contributed by atoms with Crippen LogP contribution in [0, 0.1) is 5.92 Å². The number of hydrogen-bond acceptors (Lipinski definition) is 7. The summed E-state index contributed by atoms with van der Waals surface area (Å²) in [4.78, 5) is 35.1. The van der Waals surface area contributed by atoms with Crippen LogP contribution in [0.4, 0.5) is 5.82 Å². The van der Waals surface area contributed by atoms with Crippen LogP contribution < -0.4 is 10.5 Å². The van der Waals surface area contributed by atoms with Crippen LogP contribution >= 0.6 is 0 Å². The van der Waals surface area contributed by atoms with E-state index in [0.29, 0.717) is 25.1 Å². The summed E-state index contributed by atoms with van der Waals surface area (Å²) in [5.74, 6) is 0.326. The smallest absolute Gasteiger partial charge is 0.274 e. The van der Waals surface area contributed by atoms with Crippen LogP contribution in [0.5, 0.6) is 5.75 Å². The van der Waals surface area contributed by atoms with E-state index in [1.165, 1.54) is 29.5 Å². The molecule has 0 radical (unpaired) electrons. The summed E-state index contributed by atoms with van der Waals surface area (Å²) in [6.45, 7) is 0.805. The minimum Gasteiger partial charge on any atom is -0.497 e. The Kier molecular flexibility index (Phi) is 4.94. The first-order valence-corrected chi connectivity index (χ1v) is 9.16. The molecule has 0 bridgehead atoms. The molecule has 148 valence electrons. The van der Waals surface area contributed by atoms with Crippen molar-refractivity contribution in [3.8, 4) is 11.4 Å². The fourth-order valence-electron chi connectivity index (χ4n) is 3.43. The molecule has 1 unspecified atom stereocenters. The molecular weight excluding hydrogens is 372 g/mol. The molecule has 9 nitrogen and oxygen atoms in total. The van der Waals surface area contributed by atoms with Gasteiger partial charge in [0.2, 0.25) is 0 Å². The quantitative estimate of drug-likeness (QED) is 0.656. The predicted octanol–water partition coefficient (Wildman–Crippen LogP) is 1.60. The number of carbonyl (C=O) groups excluding carboxylic acids is 2. The highest BCUT2D eigenvalue weighted by Gasteiger charge is 2.34. The number of nitrogens with two attached hydrogens (primary N) is 1. The van der Waals surface area contributed by atoms with Gasteiger partial charge in [0.1, 0.15) is 17.3 Å². The van der Waals surface area contributed by atoms with E-state index in [9.17, 15) is 9.59 Å². The van der Waals surface area contributed by atoms with E-state index in [4.69, 9.17) is 10.5 Å². The molecule has 1 saturated heterocycles. The van der Waals surface area contributed by atoms with Gasteiger partial charge in [0.05, 0.1) is 30.8 Å². The third kappa shape index (κ3) is 3.54. The van der Waals surface area contributed by atoms with Crippen molar-refractivity contribution in [2.24, 2.45) is 5.92 Å². The normalized spacial score (nSPS) is 16.0. The van der Waals surface area contributed by atoms with Crippen LogP contribution in [0.1, 0.15) is 27.3 Å². The van der Waals surface area contributed by atoms with E-state index < -0.39 is 0 Å². The molecule has 29 heavy (non-hydrogen) atoms. The van der Waals surface area contributed by atoms with Crippen molar-refractivity contribution in [2.45, 2.75) is 6.42 Å². The van der Waals surface area contributed by atoms with Crippen molar-refractivity contribution in [1.82, 2.24) is 24.6 Å². The summed E-state index contributed by atoms with van der Waals surface area (Å²) in [5.41, 5.74) is 7.57. The number of benzene rings is 1. The lowest BCUT2D eigenvalue weighted by Gasteiger charge is -2.15. The molecule has 1 aliphatic rings. The molecule has 0 aliphatic carbocycles. The second-order valence-electron chi connectivity index (χ2n) is 6.74. The van der Waals surface area contributed by atoms with Gasteiger partial charge >= 0.3 is 0 Å². The summed E-state index contributed by atoms with van der Waals surface area (Å²) >= 11 is 0. The Bertz CT molecular complexity index is 1030. The Morgan fingerprint density at radius 2 is 1.97 bits per heavy atom. The van der Waals surface area contributed by atoms with Gasteiger partial charge in [-0.1, -0.05) is 0 Å². The number of carbonyl (C=O) groups is 2. The van der Waals surface area contributed by atoms with Crippen molar-refractivity contribution < 1.29 is 14.3 Å². The summed E-state index contributed by atoms with van der Waals surface area (Å²) in [7, 11) is 1.59. The number of amides is 1. The molecule has 2 N–H and O–H groups in total. The number of methoxy groups -OCH3 is 1. The number of Topliss-reactive ketones (excluding diaryl/α,β-unsaturated/α-hetero) is 1. The van der Waals surface area contributed by atoms with Crippen LogP contribution in [-0.2, 0) is 0 Å². The minimum absolute atomic E-state index is 0.114. The Labute approximate surface area is 167 Å². The van der Waals surface area contributed by atoms with Gasteiger partial charge in [-0.3, -0.25) is 14.6 Å². The number of aromatic nitrogens is 4. The van der Waals surface area contributed by atoms with Gasteiger partial charge in [-0.25, -0.2) is 9.67 Å². The first-order chi connectivity index (χ1) is 14.1. The van der Waals surface area contributed by atoms with Crippen molar-refractivity contribution >= 4 is 17.5 Å². The van der Waals surface area contributed by atoms with E-state index in [1.807, 2.05) is 12.1 Å². The molecule has 2 aromatic heterocycles. The molecular formula is C20H20N6O3. The lowest BCUT2D eigenvalue weighted by molar-refractivity contribution is 0.0774. The molecule has 3 aromatic rings. The van der Waals surface area contributed by atoms with Crippen LogP contribution in [0.3, 0.4) is 0 Å². The fraction of sp³-hybridized carbons (Fsp3) is 0.250. The third-order valence-electron chi connectivity index (χ3n) is 5.02.